The topological polar surface area (TPSA) is 286 Å². The molecule has 0 N–H and O–H groups in total. The predicted molar refractivity (Wildman–Crippen MR) is 407 cm³/mol. The van der Waals surface area contributed by atoms with Gasteiger partial charge in [0.25, 0.3) is 0 Å². The van der Waals surface area contributed by atoms with Crippen molar-refractivity contribution in [3.05, 3.63) is 154 Å². The highest BCUT2D eigenvalue weighted by Gasteiger charge is 2.38. The maximum atomic E-state index is 13.0. The third-order valence-corrected chi connectivity index (χ3v) is 19.3. The number of nitrogens with zero attached hydrogens (tertiary/aromatic N) is 20. The Labute approximate surface area is 708 Å². The van der Waals surface area contributed by atoms with Crippen LogP contribution in [0.2, 0.25) is 0 Å². The summed E-state index contributed by atoms with van der Waals surface area (Å²) in [6, 6.07) is 18.7. The number of aryl methyl sites for hydroxylation is 1. The molecule has 0 saturated carbocycles. The fourth-order valence-electron chi connectivity index (χ4n) is 12.3. The first-order chi connectivity index (χ1) is 59.7. The summed E-state index contributed by atoms with van der Waals surface area (Å²) in [4.78, 5) is 16.5. The molecule has 3 unspecified atom stereocenters. The van der Waals surface area contributed by atoms with E-state index in [1.165, 1.54) is 42.5 Å². The van der Waals surface area contributed by atoms with Crippen LogP contribution in [0.5, 0.6) is 11.5 Å². The maximum Gasteiger partial charge on any atom is 0.431 e. The van der Waals surface area contributed by atoms with E-state index in [9.17, 15) is 105 Å². The van der Waals surface area contributed by atoms with Crippen molar-refractivity contribution in [3.63, 3.8) is 0 Å². The van der Waals surface area contributed by atoms with Gasteiger partial charge in [0, 0.05) is 24.3 Å². The molecule has 0 saturated heterocycles. The average molecular weight is 1820 g/mol. The summed E-state index contributed by atoms with van der Waals surface area (Å²) >= 11 is 0. The minimum atomic E-state index is -4.70. The van der Waals surface area contributed by atoms with E-state index < -0.39 is 95.0 Å². The number of aromatic nitrogens is 20. The van der Waals surface area contributed by atoms with Crippen molar-refractivity contribution in [2.24, 2.45) is 17.8 Å². The second-order valence-electron chi connectivity index (χ2n) is 29.1. The molecule has 0 aliphatic heterocycles. The number of halogens is 24. The predicted octanol–water partition coefficient (Wildman–Crippen LogP) is 22.5. The molecule has 46 heteroatoms. The number of alkyl halides is 24. The third-order valence-electron chi connectivity index (χ3n) is 19.3. The summed E-state index contributed by atoms with van der Waals surface area (Å²) in [6.45, 7) is 13.2. The van der Waals surface area contributed by atoms with Gasteiger partial charge < -0.3 is 91.1 Å². The van der Waals surface area contributed by atoms with Gasteiger partial charge in [-0.15, -0.1) is 0 Å². The van der Waals surface area contributed by atoms with Gasteiger partial charge >= 0.3 is 49.4 Å². The Balaban J connectivity index is 0.000000193. The van der Waals surface area contributed by atoms with E-state index in [2.05, 4.69) is 136 Å². The van der Waals surface area contributed by atoms with Crippen molar-refractivity contribution in [2.75, 3.05) is 13.2 Å². The van der Waals surface area contributed by atoms with Gasteiger partial charge in [0.15, 0.2) is 0 Å². The summed E-state index contributed by atoms with van der Waals surface area (Å²) < 4.78 is 321. The van der Waals surface area contributed by atoms with Gasteiger partial charge in [-0.05, 0) is 128 Å². The molecule has 0 amide bonds. The van der Waals surface area contributed by atoms with Crippen molar-refractivity contribution in [1.29, 1.82) is 0 Å². The van der Waals surface area contributed by atoms with Gasteiger partial charge in [-0.25, -0.2) is 0 Å². The van der Waals surface area contributed by atoms with E-state index in [-0.39, 0.29) is 114 Å². The molecular formula is C81H78F24N20O2-8. The Morgan fingerprint density at radius 3 is 0.732 bits per heavy atom. The lowest BCUT2D eigenvalue weighted by Gasteiger charge is -2.19. The van der Waals surface area contributed by atoms with Crippen molar-refractivity contribution in [1.82, 2.24) is 102 Å². The number of hydrogen-bond acceptors (Lipinski definition) is 14. The number of unbranched alkanes of at least 4 members (excludes halogenated alkanes) is 6. The lowest BCUT2D eigenvalue weighted by atomic mass is 9.92. The van der Waals surface area contributed by atoms with Crippen LogP contribution >= 0.6 is 0 Å². The monoisotopic (exact) mass is 1820 g/mol. The Hall–Kier alpha value is -11.8. The van der Waals surface area contributed by atoms with Crippen molar-refractivity contribution < 1.29 is 115 Å². The highest BCUT2D eigenvalue weighted by atomic mass is 19.4. The summed E-state index contributed by atoms with van der Waals surface area (Å²) in [6.07, 6.45) is -19.5. The van der Waals surface area contributed by atoms with Gasteiger partial charge in [-0.2, -0.15) is 105 Å². The molecular weight excluding hydrogens is 1740 g/mol. The van der Waals surface area contributed by atoms with Crippen LogP contribution in [0.15, 0.2) is 103 Å². The molecule has 0 aliphatic rings. The van der Waals surface area contributed by atoms with Gasteiger partial charge in [-0.1, -0.05) is 177 Å². The zero-order valence-corrected chi connectivity index (χ0v) is 68.0. The maximum absolute atomic E-state index is 13.0. The molecule has 0 fully saturated rings. The van der Waals surface area contributed by atoms with Gasteiger partial charge in [0.1, 0.15) is 57.1 Å². The second-order valence-corrected chi connectivity index (χ2v) is 29.1. The molecule has 0 aliphatic carbocycles. The molecule has 22 nitrogen and oxygen atoms in total. The van der Waals surface area contributed by atoms with E-state index in [1.54, 1.807) is 12.1 Å². The van der Waals surface area contributed by atoms with Gasteiger partial charge in [0.2, 0.25) is 0 Å². The van der Waals surface area contributed by atoms with E-state index >= 15 is 0 Å². The largest absolute Gasteiger partial charge is 0.573 e. The molecule has 3 atom stereocenters. The van der Waals surface area contributed by atoms with Crippen LogP contribution in [0.25, 0.3) is 91.1 Å². The van der Waals surface area contributed by atoms with Crippen LogP contribution in [0, 0.1) is 17.8 Å². The number of pyridine rings is 4. The number of hydrogen-bond donors (Lipinski definition) is 0. The molecule has 12 heterocycles. The average Bonchev–Trinajstić information content (AvgIpc) is 1.69. The van der Waals surface area contributed by atoms with Gasteiger partial charge in [0.05, 0.1) is 58.8 Å². The first-order valence-corrected chi connectivity index (χ1v) is 39.6. The molecule has 0 radical (unpaired) electrons. The molecule has 690 valence electrons. The van der Waals surface area contributed by atoms with Gasteiger partial charge in [-0.3, -0.25) is 19.9 Å². The van der Waals surface area contributed by atoms with Crippen molar-refractivity contribution >= 4 is 0 Å². The van der Waals surface area contributed by atoms with Crippen LogP contribution in [-0.2, 0) is 55.8 Å². The normalized spacial score (nSPS) is 13.2. The quantitative estimate of drug-likeness (QED) is 0.0273. The fraction of sp³-hybridized carbons (Fsp3) is 0.457. The van der Waals surface area contributed by atoms with E-state index in [1.807, 2.05) is 6.92 Å². The SMILES string of the molecule is CCCCC(CC)CCc1cc(-c2cc(C(F)(F)F)n[n-]2)nc(-c2cc(C(F)(F)F)n[n-]2)c1.CCCCC(CC)COc1cc(-c2cc(C(F)(F)F)n[n-]2)nc(-c2cc(C(F)(F)F)n[n-]2)c1.CCCCCCC(CCCC)COc1cc(-c2cc(C(F)(F)F)n[n-]2)nc(-c2cc(C(F)(F)F)n[n-]2)c1.FC(F)(F)c1cc(-c2cccc(-c3cc(C(F)(F)F)n[n-]3)n2)[n-]n1. The summed E-state index contributed by atoms with van der Waals surface area (Å²) in [5.74, 6) is 1.44. The smallest absolute Gasteiger partial charge is 0.431 e. The highest BCUT2D eigenvalue weighted by molar-refractivity contribution is 5.68. The van der Waals surface area contributed by atoms with E-state index in [0.717, 1.165) is 139 Å². The first-order valence-electron chi connectivity index (χ1n) is 39.6. The molecule has 0 spiro atoms. The lowest BCUT2D eigenvalue weighted by molar-refractivity contribution is -0.142. The number of rotatable bonds is 33. The minimum Gasteiger partial charge on any atom is -0.573 e. The minimum absolute atomic E-state index is 0.0204. The Kier molecular flexibility index (Phi) is 33.3. The van der Waals surface area contributed by atoms with E-state index in [4.69, 9.17) is 9.47 Å². The Bertz CT molecular complexity index is 4950. The molecule has 0 bridgehead atoms. The fourth-order valence-corrected chi connectivity index (χ4v) is 12.3. The van der Waals surface area contributed by atoms with Crippen LogP contribution in [0.1, 0.15) is 202 Å². The van der Waals surface area contributed by atoms with Crippen LogP contribution in [-0.4, -0.2) is 73.9 Å². The van der Waals surface area contributed by atoms with Crippen LogP contribution in [0.4, 0.5) is 105 Å². The summed E-state index contributed by atoms with van der Waals surface area (Å²) in [5, 5.41) is 53.0. The zero-order valence-electron chi connectivity index (χ0n) is 68.0. The standard InChI is InChI=1S/C25H29F6N5O.C22H23F6N5.C21H21F6N5O.C13H5F6N5/c1-3-5-7-8-10-16(9-6-4-2)15-37-17-11-18(20-13-22(35-33-20)24(26,27)28)32-19(12-17)21-14-23(36-34-21)25(29,30)31;1-3-5-6-13(4-2)7-8-14-9-15(17-11-19(32-30-17)21(23,24)25)29-16(10-14)18-12-20(33-31-18)22(26,27)28;1-3-5-6-12(4-2)11-33-13-7-14(16-9-18(31-29-16)20(22,23)24)28-15(8-13)17-10-19(32-30-17)21(25,26)27;14-12(15,16)10-4-8(21-23-10)6-2-1-3-7(20-6)9-5-11(24-22-9)13(17,18)19/h11-14,16H,3-10,15H2,1-2H3;9-13H,3-8H2,1-2H3;7-10,12H,3-6,11H2,1-2H3;1-5H/q4*-2. The summed E-state index contributed by atoms with van der Waals surface area (Å²) in [5.41, 5.74) is -9.97. The van der Waals surface area contributed by atoms with Crippen molar-refractivity contribution in [3.8, 4) is 103 Å². The summed E-state index contributed by atoms with van der Waals surface area (Å²) in [7, 11) is 0. The molecule has 12 aromatic rings. The molecule has 0 aromatic carbocycles. The Morgan fingerprint density at radius 2 is 0.480 bits per heavy atom. The number of ether oxygens (including phenoxy) is 2. The first kappa shape index (κ1) is 99.0. The second kappa shape index (κ2) is 42.7. The third kappa shape index (κ3) is 28.9. The zero-order chi connectivity index (χ0) is 93.0. The Morgan fingerprint density at radius 1 is 0.252 bits per heavy atom. The molecule has 12 rings (SSSR count). The lowest BCUT2D eigenvalue weighted by Crippen LogP contribution is -2.13. The highest BCUT2D eigenvalue weighted by Crippen LogP contribution is 2.41. The van der Waals surface area contributed by atoms with E-state index in [0.29, 0.717) is 49.8 Å². The van der Waals surface area contributed by atoms with Crippen LogP contribution in [0.3, 0.4) is 0 Å². The van der Waals surface area contributed by atoms with Crippen molar-refractivity contribution in [2.45, 2.75) is 207 Å². The molecule has 127 heavy (non-hydrogen) atoms. The van der Waals surface area contributed by atoms with Crippen LogP contribution < -0.4 is 50.3 Å². The molecule has 12 aromatic heterocycles.